The lowest BCUT2D eigenvalue weighted by Crippen LogP contribution is -2.30. The van der Waals surface area contributed by atoms with Crippen LogP contribution in [0.15, 0.2) is 24.3 Å². The van der Waals surface area contributed by atoms with Crippen LogP contribution in [0.4, 0.5) is 0 Å². The molecule has 0 radical (unpaired) electrons. The highest BCUT2D eigenvalue weighted by molar-refractivity contribution is 7.98. The minimum atomic E-state index is -0.465. The Kier molecular flexibility index (Phi) is 7.16. The van der Waals surface area contributed by atoms with Crippen molar-refractivity contribution in [2.24, 2.45) is 0 Å². The Bertz CT molecular complexity index is 329. The van der Waals surface area contributed by atoms with Gasteiger partial charge in [-0.05, 0) is 43.0 Å². The van der Waals surface area contributed by atoms with Crippen molar-refractivity contribution < 1.29 is 9.84 Å². The molecule has 0 fully saturated rings. The number of ether oxygens (including phenoxy) is 1. The molecule has 0 spiro atoms. The molecule has 18 heavy (non-hydrogen) atoms. The molecular weight excluding hydrogens is 246 g/mol. The Morgan fingerprint density at radius 2 is 2.00 bits per heavy atom. The number of benzene rings is 1. The average Bonchev–Trinajstić information content (AvgIpc) is 2.42. The second kappa shape index (κ2) is 8.40. The molecule has 102 valence electrons. The van der Waals surface area contributed by atoms with Crippen molar-refractivity contribution in [3.63, 3.8) is 0 Å². The summed E-state index contributed by atoms with van der Waals surface area (Å²) in [6.07, 6.45) is 2.77. The highest BCUT2D eigenvalue weighted by Crippen LogP contribution is 2.17. The maximum atomic E-state index is 10.0. The molecular formula is C14H23NO2S. The van der Waals surface area contributed by atoms with E-state index in [1.165, 1.54) is 0 Å². The smallest absolute Gasteiger partial charge is 0.118 e. The van der Waals surface area contributed by atoms with Gasteiger partial charge in [0.2, 0.25) is 0 Å². The van der Waals surface area contributed by atoms with E-state index < -0.39 is 6.10 Å². The molecule has 0 amide bonds. The summed E-state index contributed by atoms with van der Waals surface area (Å²) in [5, 5.41) is 13.4. The van der Waals surface area contributed by atoms with Gasteiger partial charge in [0.05, 0.1) is 13.2 Å². The topological polar surface area (TPSA) is 41.5 Å². The van der Waals surface area contributed by atoms with Gasteiger partial charge in [0, 0.05) is 12.6 Å². The molecule has 1 aromatic carbocycles. The molecule has 2 unspecified atom stereocenters. The van der Waals surface area contributed by atoms with Crippen molar-refractivity contribution in [2.45, 2.75) is 25.5 Å². The molecule has 0 aliphatic heterocycles. The molecule has 3 nitrogen and oxygen atoms in total. The lowest BCUT2D eigenvalue weighted by Gasteiger charge is -2.17. The summed E-state index contributed by atoms with van der Waals surface area (Å²) in [7, 11) is 1.64. The third kappa shape index (κ3) is 5.29. The van der Waals surface area contributed by atoms with Gasteiger partial charge < -0.3 is 15.2 Å². The lowest BCUT2D eigenvalue weighted by atomic mass is 10.1. The van der Waals surface area contributed by atoms with E-state index in [1.54, 1.807) is 7.11 Å². The molecule has 0 heterocycles. The summed E-state index contributed by atoms with van der Waals surface area (Å²) in [6, 6.07) is 7.98. The van der Waals surface area contributed by atoms with Crippen LogP contribution in [0.3, 0.4) is 0 Å². The third-order valence-corrected chi connectivity index (χ3v) is 3.56. The number of hydrogen-bond donors (Lipinski definition) is 2. The Hall–Kier alpha value is -0.710. The molecule has 0 bridgehead atoms. The zero-order valence-electron chi connectivity index (χ0n) is 11.3. The number of hydrogen-bond acceptors (Lipinski definition) is 4. The largest absolute Gasteiger partial charge is 0.497 e. The highest BCUT2D eigenvalue weighted by Gasteiger charge is 2.09. The van der Waals surface area contributed by atoms with Crippen LogP contribution in [0.1, 0.15) is 25.0 Å². The predicted molar refractivity (Wildman–Crippen MR) is 78.4 cm³/mol. The van der Waals surface area contributed by atoms with Crippen molar-refractivity contribution in [2.75, 3.05) is 25.7 Å². The number of aliphatic hydroxyl groups excluding tert-OH is 1. The molecule has 0 saturated carbocycles. The quantitative estimate of drug-likeness (QED) is 0.761. The zero-order valence-corrected chi connectivity index (χ0v) is 12.2. The van der Waals surface area contributed by atoms with Gasteiger partial charge in [-0.1, -0.05) is 12.1 Å². The Labute approximate surface area is 114 Å². The second-order valence-corrected chi connectivity index (χ2v) is 5.37. The Morgan fingerprint density at radius 3 is 2.56 bits per heavy atom. The summed E-state index contributed by atoms with van der Waals surface area (Å²) in [4.78, 5) is 0. The van der Waals surface area contributed by atoms with Crippen molar-refractivity contribution in [1.82, 2.24) is 5.32 Å². The van der Waals surface area contributed by atoms with Crippen LogP contribution in [0.25, 0.3) is 0 Å². The molecule has 2 atom stereocenters. The lowest BCUT2D eigenvalue weighted by molar-refractivity contribution is 0.170. The van der Waals surface area contributed by atoms with Gasteiger partial charge >= 0.3 is 0 Å². The second-order valence-electron chi connectivity index (χ2n) is 4.38. The summed E-state index contributed by atoms with van der Waals surface area (Å²) < 4.78 is 5.09. The van der Waals surface area contributed by atoms with E-state index in [0.717, 1.165) is 23.5 Å². The molecule has 0 aliphatic rings. The molecule has 1 rings (SSSR count). The SMILES string of the molecule is COc1ccc(C(O)CNC(C)CCSC)cc1. The van der Waals surface area contributed by atoms with Gasteiger partial charge in [-0.15, -0.1) is 0 Å². The first-order valence-corrected chi connectivity index (χ1v) is 7.61. The van der Waals surface area contributed by atoms with Crippen LogP contribution in [-0.4, -0.2) is 36.8 Å². The predicted octanol–water partition coefficient (Wildman–Crippen LogP) is 2.46. The monoisotopic (exact) mass is 269 g/mol. The van der Waals surface area contributed by atoms with Gasteiger partial charge in [-0.25, -0.2) is 0 Å². The van der Waals surface area contributed by atoms with Gasteiger partial charge in [-0.2, -0.15) is 11.8 Å². The minimum Gasteiger partial charge on any atom is -0.497 e. The van der Waals surface area contributed by atoms with Gasteiger partial charge in [0.15, 0.2) is 0 Å². The summed E-state index contributed by atoms with van der Waals surface area (Å²) in [6.45, 7) is 2.73. The van der Waals surface area contributed by atoms with E-state index in [0.29, 0.717) is 12.6 Å². The van der Waals surface area contributed by atoms with Crippen LogP contribution in [0.2, 0.25) is 0 Å². The number of thioether (sulfide) groups is 1. The van der Waals surface area contributed by atoms with E-state index >= 15 is 0 Å². The summed E-state index contributed by atoms with van der Waals surface area (Å²) in [5.74, 6) is 1.96. The third-order valence-electron chi connectivity index (χ3n) is 2.92. The number of aliphatic hydroxyl groups is 1. The van der Waals surface area contributed by atoms with Crippen molar-refractivity contribution >= 4 is 11.8 Å². The van der Waals surface area contributed by atoms with Crippen LogP contribution in [0.5, 0.6) is 5.75 Å². The molecule has 2 N–H and O–H groups in total. The number of methoxy groups -OCH3 is 1. The number of nitrogens with one attached hydrogen (secondary N) is 1. The van der Waals surface area contributed by atoms with Crippen LogP contribution in [0, 0.1) is 0 Å². The first kappa shape index (κ1) is 15.3. The van der Waals surface area contributed by atoms with Gasteiger partial charge in [-0.3, -0.25) is 0 Å². The summed E-state index contributed by atoms with van der Waals surface area (Å²) in [5.41, 5.74) is 0.917. The fourth-order valence-electron chi connectivity index (χ4n) is 1.65. The van der Waals surface area contributed by atoms with Crippen LogP contribution >= 0.6 is 11.8 Å². The first-order chi connectivity index (χ1) is 8.67. The fraction of sp³-hybridized carbons (Fsp3) is 0.571. The number of rotatable bonds is 8. The molecule has 0 aliphatic carbocycles. The molecule has 0 aromatic heterocycles. The molecule has 4 heteroatoms. The van der Waals surface area contributed by atoms with E-state index in [-0.39, 0.29) is 0 Å². The maximum absolute atomic E-state index is 10.0. The molecule has 1 aromatic rings. The van der Waals surface area contributed by atoms with Crippen molar-refractivity contribution in [1.29, 1.82) is 0 Å². The first-order valence-electron chi connectivity index (χ1n) is 6.21. The Balaban J connectivity index is 2.37. The van der Waals surface area contributed by atoms with E-state index in [9.17, 15) is 5.11 Å². The van der Waals surface area contributed by atoms with Gasteiger partial charge in [0.1, 0.15) is 5.75 Å². The Morgan fingerprint density at radius 1 is 1.33 bits per heavy atom. The van der Waals surface area contributed by atoms with Crippen LogP contribution in [-0.2, 0) is 0 Å². The van der Waals surface area contributed by atoms with Crippen molar-refractivity contribution in [3.8, 4) is 5.75 Å². The van der Waals surface area contributed by atoms with E-state index in [2.05, 4.69) is 18.5 Å². The summed E-state index contributed by atoms with van der Waals surface area (Å²) >= 11 is 1.85. The van der Waals surface area contributed by atoms with Crippen molar-refractivity contribution in [3.05, 3.63) is 29.8 Å². The maximum Gasteiger partial charge on any atom is 0.118 e. The molecule has 0 saturated heterocycles. The normalized spacial score (nSPS) is 14.2. The zero-order chi connectivity index (χ0) is 13.4. The van der Waals surface area contributed by atoms with E-state index in [4.69, 9.17) is 4.74 Å². The van der Waals surface area contributed by atoms with Gasteiger partial charge in [0.25, 0.3) is 0 Å². The standard InChI is InChI=1S/C14H23NO2S/c1-11(8-9-18-3)15-10-14(16)12-4-6-13(17-2)7-5-12/h4-7,11,14-16H,8-10H2,1-3H3. The minimum absolute atomic E-state index is 0.436. The highest BCUT2D eigenvalue weighted by atomic mass is 32.2. The van der Waals surface area contributed by atoms with E-state index in [1.807, 2.05) is 36.0 Å². The average molecular weight is 269 g/mol. The fourth-order valence-corrected chi connectivity index (χ4v) is 2.24. The van der Waals surface area contributed by atoms with Crippen LogP contribution < -0.4 is 10.1 Å².